The SMILES string of the molecule is CCC(CC)(CO)SSC. The van der Waals surface area contributed by atoms with E-state index in [2.05, 4.69) is 20.1 Å². The molecule has 0 atom stereocenters. The third-order valence-electron chi connectivity index (χ3n) is 1.84. The highest BCUT2D eigenvalue weighted by Crippen LogP contribution is 2.38. The number of hydrogen-bond donors (Lipinski definition) is 1. The zero-order chi connectivity index (χ0) is 8.04. The minimum Gasteiger partial charge on any atom is -0.395 e. The third kappa shape index (κ3) is 2.72. The minimum atomic E-state index is 0.111. The van der Waals surface area contributed by atoms with Gasteiger partial charge in [-0.15, -0.1) is 0 Å². The average molecular weight is 180 g/mol. The van der Waals surface area contributed by atoms with Gasteiger partial charge in [-0.1, -0.05) is 35.4 Å². The molecule has 0 aromatic carbocycles. The standard InChI is InChI=1S/C7H16OS2/c1-4-7(5-2,6-8)10-9-3/h8H,4-6H2,1-3H3. The van der Waals surface area contributed by atoms with Crippen LogP contribution in [0.25, 0.3) is 0 Å². The maximum absolute atomic E-state index is 9.07. The normalized spacial score (nSPS) is 12.0. The molecule has 1 nitrogen and oxygen atoms in total. The average Bonchev–Trinajstić information content (AvgIpc) is 2.01. The van der Waals surface area contributed by atoms with Crippen molar-refractivity contribution in [2.75, 3.05) is 12.9 Å². The molecule has 0 radical (unpaired) electrons. The van der Waals surface area contributed by atoms with Crippen LogP contribution in [0.5, 0.6) is 0 Å². The molecule has 0 rings (SSSR count). The van der Waals surface area contributed by atoms with Crippen molar-refractivity contribution in [3.8, 4) is 0 Å². The van der Waals surface area contributed by atoms with Gasteiger partial charge in [0.2, 0.25) is 0 Å². The number of aliphatic hydroxyl groups is 1. The third-order valence-corrected chi connectivity index (χ3v) is 4.62. The highest BCUT2D eigenvalue weighted by molar-refractivity contribution is 8.77. The molecule has 0 bridgehead atoms. The second kappa shape index (κ2) is 5.33. The van der Waals surface area contributed by atoms with E-state index in [0.29, 0.717) is 6.61 Å². The van der Waals surface area contributed by atoms with Gasteiger partial charge in [0, 0.05) is 4.75 Å². The van der Waals surface area contributed by atoms with E-state index in [1.807, 2.05) is 0 Å². The zero-order valence-corrected chi connectivity index (χ0v) is 8.52. The lowest BCUT2D eigenvalue weighted by Gasteiger charge is -2.26. The van der Waals surface area contributed by atoms with E-state index in [-0.39, 0.29) is 4.75 Å². The molecular formula is C7H16OS2. The van der Waals surface area contributed by atoms with E-state index < -0.39 is 0 Å². The van der Waals surface area contributed by atoms with Gasteiger partial charge in [-0.05, 0) is 19.1 Å². The van der Waals surface area contributed by atoms with E-state index in [9.17, 15) is 0 Å². The van der Waals surface area contributed by atoms with Crippen molar-refractivity contribution >= 4 is 21.6 Å². The first kappa shape index (κ1) is 10.7. The van der Waals surface area contributed by atoms with Crippen LogP contribution in [0.4, 0.5) is 0 Å². The second-order valence-corrected chi connectivity index (χ2v) is 5.16. The van der Waals surface area contributed by atoms with Crippen LogP contribution < -0.4 is 0 Å². The van der Waals surface area contributed by atoms with E-state index in [1.165, 1.54) is 0 Å². The smallest absolute Gasteiger partial charge is 0.0586 e. The van der Waals surface area contributed by atoms with Crippen LogP contribution in [-0.4, -0.2) is 22.7 Å². The molecule has 3 heteroatoms. The largest absolute Gasteiger partial charge is 0.395 e. The van der Waals surface area contributed by atoms with Gasteiger partial charge in [0.15, 0.2) is 0 Å². The summed E-state index contributed by atoms with van der Waals surface area (Å²) in [5.41, 5.74) is 0. The van der Waals surface area contributed by atoms with Crippen LogP contribution in [0.1, 0.15) is 26.7 Å². The summed E-state index contributed by atoms with van der Waals surface area (Å²) >= 11 is 0. The minimum absolute atomic E-state index is 0.111. The van der Waals surface area contributed by atoms with Crippen molar-refractivity contribution in [2.24, 2.45) is 0 Å². The number of hydrogen-bond acceptors (Lipinski definition) is 3. The summed E-state index contributed by atoms with van der Waals surface area (Å²) in [5, 5.41) is 9.07. The van der Waals surface area contributed by atoms with Gasteiger partial charge in [0.1, 0.15) is 0 Å². The Morgan fingerprint density at radius 2 is 1.80 bits per heavy atom. The number of aliphatic hydroxyl groups excluding tert-OH is 1. The molecule has 0 aliphatic rings. The summed E-state index contributed by atoms with van der Waals surface area (Å²) in [4.78, 5) is 0. The fourth-order valence-electron chi connectivity index (χ4n) is 0.795. The molecular weight excluding hydrogens is 164 g/mol. The van der Waals surface area contributed by atoms with Crippen LogP contribution in [0, 0.1) is 0 Å². The molecule has 0 saturated heterocycles. The maximum atomic E-state index is 9.07. The molecule has 0 aromatic rings. The molecule has 0 amide bonds. The first-order valence-electron chi connectivity index (χ1n) is 3.57. The van der Waals surface area contributed by atoms with Crippen LogP contribution in [0.2, 0.25) is 0 Å². The van der Waals surface area contributed by atoms with Crippen molar-refractivity contribution in [1.82, 2.24) is 0 Å². The molecule has 0 unspecified atom stereocenters. The number of rotatable bonds is 5. The topological polar surface area (TPSA) is 20.2 Å². The first-order chi connectivity index (χ1) is 4.74. The van der Waals surface area contributed by atoms with Crippen LogP contribution >= 0.6 is 21.6 Å². The molecule has 0 aromatic heterocycles. The Balaban J connectivity index is 3.87. The summed E-state index contributed by atoms with van der Waals surface area (Å²) < 4.78 is 0.111. The van der Waals surface area contributed by atoms with Gasteiger partial charge in [0.05, 0.1) is 6.61 Å². The van der Waals surface area contributed by atoms with Crippen molar-refractivity contribution < 1.29 is 5.11 Å². The summed E-state index contributed by atoms with van der Waals surface area (Å²) in [6.07, 6.45) is 4.15. The molecule has 0 fully saturated rings. The van der Waals surface area contributed by atoms with Crippen molar-refractivity contribution in [3.05, 3.63) is 0 Å². The van der Waals surface area contributed by atoms with Crippen LogP contribution in [-0.2, 0) is 0 Å². The molecule has 0 saturated carbocycles. The lowest BCUT2D eigenvalue weighted by atomic mass is 10.0. The Labute approximate surface area is 71.4 Å². The van der Waals surface area contributed by atoms with Gasteiger partial charge in [-0.2, -0.15) is 0 Å². The van der Waals surface area contributed by atoms with Gasteiger partial charge >= 0.3 is 0 Å². The Hall–Kier alpha value is 0.660. The highest BCUT2D eigenvalue weighted by Gasteiger charge is 2.25. The fraction of sp³-hybridized carbons (Fsp3) is 1.00. The summed E-state index contributed by atoms with van der Waals surface area (Å²) in [5.74, 6) is 0. The Morgan fingerprint density at radius 1 is 1.30 bits per heavy atom. The lowest BCUT2D eigenvalue weighted by Crippen LogP contribution is -2.26. The van der Waals surface area contributed by atoms with Gasteiger partial charge in [-0.3, -0.25) is 0 Å². The van der Waals surface area contributed by atoms with E-state index in [1.54, 1.807) is 21.6 Å². The molecule has 0 aliphatic carbocycles. The quantitative estimate of drug-likeness (QED) is 0.657. The fourth-order valence-corrected chi connectivity index (χ4v) is 3.36. The van der Waals surface area contributed by atoms with Crippen LogP contribution in [0.3, 0.4) is 0 Å². The highest BCUT2D eigenvalue weighted by atomic mass is 33.1. The van der Waals surface area contributed by atoms with Crippen molar-refractivity contribution in [3.63, 3.8) is 0 Å². The molecule has 1 N–H and O–H groups in total. The maximum Gasteiger partial charge on any atom is 0.0586 e. The molecule has 62 valence electrons. The zero-order valence-electron chi connectivity index (χ0n) is 6.89. The predicted molar refractivity (Wildman–Crippen MR) is 51.5 cm³/mol. The van der Waals surface area contributed by atoms with Gasteiger partial charge in [0.25, 0.3) is 0 Å². The Morgan fingerprint density at radius 3 is 1.90 bits per heavy atom. The Bertz CT molecular complexity index is 73.4. The van der Waals surface area contributed by atoms with Gasteiger partial charge in [-0.25, -0.2) is 0 Å². The Kier molecular flexibility index (Phi) is 5.68. The van der Waals surface area contributed by atoms with Crippen molar-refractivity contribution in [1.29, 1.82) is 0 Å². The first-order valence-corrected chi connectivity index (χ1v) is 6.13. The van der Waals surface area contributed by atoms with Gasteiger partial charge < -0.3 is 5.11 Å². The van der Waals surface area contributed by atoms with E-state index >= 15 is 0 Å². The second-order valence-electron chi connectivity index (χ2n) is 2.30. The molecule has 10 heavy (non-hydrogen) atoms. The molecule has 0 aliphatic heterocycles. The van der Waals surface area contributed by atoms with Crippen molar-refractivity contribution in [2.45, 2.75) is 31.4 Å². The monoisotopic (exact) mass is 180 g/mol. The predicted octanol–water partition coefficient (Wildman–Crippen LogP) is 2.55. The van der Waals surface area contributed by atoms with Crippen LogP contribution in [0.15, 0.2) is 0 Å². The molecule has 0 heterocycles. The summed E-state index contributed by atoms with van der Waals surface area (Å²) in [7, 11) is 3.53. The van der Waals surface area contributed by atoms with E-state index in [0.717, 1.165) is 12.8 Å². The summed E-state index contributed by atoms with van der Waals surface area (Å²) in [6.45, 7) is 4.55. The molecule has 0 spiro atoms. The summed E-state index contributed by atoms with van der Waals surface area (Å²) in [6, 6.07) is 0. The van der Waals surface area contributed by atoms with E-state index in [4.69, 9.17) is 5.11 Å². The lowest BCUT2D eigenvalue weighted by molar-refractivity contribution is 0.241.